The minimum Gasteiger partial charge on any atom is -0.309 e. The van der Waals surface area contributed by atoms with Crippen molar-refractivity contribution in [3.8, 4) is 0 Å². The third-order valence-electron chi connectivity index (χ3n) is 3.38. The Morgan fingerprint density at radius 3 is 2.80 bits per heavy atom. The summed E-state index contributed by atoms with van der Waals surface area (Å²) in [4.78, 5) is 18.2. The Bertz CT molecular complexity index is 503. The van der Waals surface area contributed by atoms with Gasteiger partial charge in [0.2, 0.25) is 5.91 Å². The maximum Gasteiger partial charge on any atom is 0.243 e. The van der Waals surface area contributed by atoms with Crippen LogP contribution in [0.4, 0.5) is 10.2 Å². The first-order valence-electron chi connectivity index (χ1n) is 6.61. The zero-order valence-electron chi connectivity index (χ0n) is 11.9. The fraction of sp³-hybridized carbons (Fsp3) is 0.571. The van der Waals surface area contributed by atoms with Crippen molar-refractivity contribution in [1.82, 2.24) is 9.88 Å². The van der Waals surface area contributed by atoms with E-state index in [1.54, 1.807) is 18.2 Å². The first kappa shape index (κ1) is 15.2. The molecule has 2 heterocycles. The molecule has 1 aliphatic rings. The van der Waals surface area contributed by atoms with Crippen LogP contribution in [-0.2, 0) is 4.79 Å². The third-order valence-corrected chi connectivity index (χ3v) is 3.59. The fourth-order valence-electron chi connectivity index (χ4n) is 2.46. The molecule has 0 bridgehead atoms. The van der Waals surface area contributed by atoms with Crippen LogP contribution < -0.4 is 5.32 Å². The van der Waals surface area contributed by atoms with Gasteiger partial charge in [-0.1, -0.05) is 17.7 Å². The molecule has 1 aliphatic heterocycles. The van der Waals surface area contributed by atoms with Gasteiger partial charge in [-0.25, -0.2) is 9.37 Å². The summed E-state index contributed by atoms with van der Waals surface area (Å²) in [6.07, 6.45) is -0.763. The molecule has 20 heavy (non-hydrogen) atoms. The van der Waals surface area contributed by atoms with Gasteiger partial charge in [-0.15, -0.1) is 0 Å². The van der Waals surface area contributed by atoms with Gasteiger partial charge in [0.25, 0.3) is 0 Å². The van der Waals surface area contributed by atoms with Crippen LogP contribution in [0.3, 0.4) is 0 Å². The number of aromatic nitrogens is 1. The molecule has 0 aliphatic carbocycles. The number of carbonyl (C=O) groups is 1. The van der Waals surface area contributed by atoms with E-state index in [1.165, 1.54) is 0 Å². The highest BCUT2D eigenvalue weighted by molar-refractivity contribution is 6.29. The summed E-state index contributed by atoms with van der Waals surface area (Å²) < 4.78 is 13.7. The zero-order chi connectivity index (χ0) is 14.9. The third kappa shape index (κ3) is 3.46. The van der Waals surface area contributed by atoms with Crippen LogP contribution in [0.15, 0.2) is 18.2 Å². The molecule has 1 fully saturated rings. The lowest BCUT2D eigenvalue weighted by Gasteiger charge is -2.35. The molecule has 4 nitrogen and oxygen atoms in total. The zero-order valence-corrected chi connectivity index (χ0v) is 12.6. The van der Waals surface area contributed by atoms with E-state index in [-0.39, 0.29) is 24.4 Å². The summed E-state index contributed by atoms with van der Waals surface area (Å²) >= 11 is 5.78. The van der Waals surface area contributed by atoms with Crippen molar-refractivity contribution in [3.05, 3.63) is 23.4 Å². The highest BCUT2D eigenvalue weighted by atomic mass is 35.5. The van der Waals surface area contributed by atoms with Gasteiger partial charge >= 0.3 is 0 Å². The SMILES string of the molecule is CC(C)(C)N1C[C@H](F)C[C@H]1C(=O)Nc1cccc(Cl)n1. The molecule has 2 atom stereocenters. The van der Waals surface area contributed by atoms with E-state index in [0.717, 1.165) is 0 Å². The molecule has 0 aromatic carbocycles. The lowest BCUT2D eigenvalue weighted by Crippen LogP contribution is -2.49. The van der Waals surface area contributed by atoms with Crippen molar-refractivity contribution < 1.29 is 9.18 Å². The van der Waals surface area contributed by atoms with Gasteiger partial charge in [0, 0.05) is 18.5 Å². The highest BCUT2D eigenvalue weighted by Crippen LogP contribution is 2.29. The quantitative estimate of drug-likeness (QED) is 0.854. The van der Waals surface area contributed by atoms with E-state index in [0.29, 0.717) is 11.0 Å². The maximum absolute atomic E-state index is 13.7. The number of halogens is 2. The Kier molecular flexibility index (Phi) is 4.30. The van der Waals surface area contributed by atoms with Crippen molar-refractivity contribution in [2.75, 3.05) is 11.9 Å². The normalized spacial score (nSPS) is 23.9. The van der Waals surface area contributed by atoms with Crippen LogP contribution >= 0.6 is 11.6 Å². The standard InChI is InChI=1S/C14H19ClFN3O/c1-14(2,3)19-8-9(16)7-10(19)13(20)18-12-6-4-5-11(15)17-12/h4-6,9-10H,7-8H2,1-3H3,(H,17,18,20)/t9-,10+/m1/s1. The Balaban J connectivity index is 2.11. The minimum absolute atomic E-state index is 0.212. The monoisotopic (exact) mass is 299 g/mol. The second kappa shape index (κ2) is 5.66. The first-order valence-corrected chi connectivity index (χ1v) is 6.99. The van der Waals surface area contributed by atoms with Crippen LogP contribution in [-0.4, -0.2) is 40.1 Å². The molecule has 1 aromatic heterocycles. The number of hydrogen-bond acceptors (Lipinski definition) is 3. The predicted octanol–water partition coefficient (Wildman–Crippen LogP) is 2.88. The summed E-state index contributed by atoms with van der Waals surface area (Å²) in [6, 6.07) is 4.52. The molecule has 2 rings (SSSR count). The van der Waals surface area contributed by atoms with E-state index in [1.807, 2.05) is 25.7 Å². The van der Waals surface area contributed by atoms with E-state index in [9.17, 15) is 9.18 Å². The number of rotatable bonds is 2. The van der Waals surface area contributed by atoms with Crippen LogP contribution in [0.5, 0.6) is 0 Å². The molecule has 0 radical (unpaired) electrons. The Hall–Kier alpha value is -1.20. The van der Waals surface area contributed by atoms with Crippen LogP contribution in [0.25, 0.3) is 0 Å². The van der Waals surface area contributed by atoms with Crippen LogP contribution in [0.1, 0.15) is 27.2 Å². The van der Waals surface area contributed by atoms with Gasteiger partial charge in [-0.3, -0.25) is 9.69 Å². The second-order valence-corrected chi connectivity index (χ2v) is 6.39. The molecule has 0 unspecified atom stereocenters. The summed E-state index contributed by atoms with van der Waals surface area (Å²) in [5.41, 5.74) is -0.259. The molecule has 1 N–H and O–H groups in total. The molecule has 110 valence electrons. The Morgan fingerprint density at radius 2 is 2.20 bits per heavy atom. The molecular formula is C14H19ClFN3O. The molecule has 1 saturated heterocycles. The Labute approximate surface area is 123 Å². The summed E-state index contributed by atoms with van der Waals surface area (Å²) in [5.74, 6) is 0.147. The molecule has 1 aromatic rings. The van der Waals surface area contributed by atoms with Gasteiger partial charge in [0.05, 0.1) is 6.04 Å². The van der Waals surface area contributed by atoms with E-state index < -0.39 is 12.2 Å². The number of amides is 1. The lowest BCUT2D eigenvalue weighted by molar-refractivity contribution is -0.122. The smallest absolute Gasteiger partial charge is 0.243 e. The highest BCUT2D eigenvalue weighted by Gasteiger charge is 2.42. The topological polar surface area (TPSA) is 45.2 Å². The summed E-state index contributed by atoms with van der Waals surface area (Å²) in [5, 5.41) is 3.01. The van der Waals surface area contributed by atoms with Gasteiger partial charge < -0.3 is 5.32 Å². The largest absolute Gasteiger partial charge is 0.309 e. The summed E-state index contributed by atoms with van der Waals surface area (Å²) in [7, 11) is 0. The van der Waals surface area contributed by atoms with Gasteiger partial charge in [-0.2, -0.15) is 0 Å². The number of anilines is 1. The van der Waals surface area contributed by atoms with Crippen LogP contribution in [0.2, 0.25) is 5.15 Å². The van der Waals surface area contributed by atoms with Crippen molar-refractivity contribution in [2.45, 2.75) is 44.9 Å². The van der Waals surface area contributed by atoms with Crippen molar-refractivity contribution in [2.24, 2.45) is 0 Å². The molecule has 0 saturated carbocycles. The first-order chi connectivity index (χ1) is 9.27. The predicted molar refractivity (Wildman–Crippen MR) is 77.6 cm³/mol. The molecule has 1 amide bonds. The van der Waals surface area contributed by atoms with E-state index in [2.05, 4.69) is 10.3 Å². The van der Waals surface area contributed by atoms with E-state index in [4.69, 9.17) is 11.6 Å². The average Bonchev–Trinajstić information content (AvgIpc) is 2.71. The number of carbonyl (C=O) groups excluding carboxylic acids is 1. The van der Waals surface area contributed by atoms with Crippen molar-refractivity contribution >= 4 is 23.3 Å². The fourth-order valence-corrected chi connectivity index (χ4v) is 2.63. The van der Waals surface area contributed by atoms with Gasteiger partial charge in [-0.05, 0) is 32.9 Å². The Morgan fingerprint density at radius 1 is 1.50 bits per heavy atom. The van der Waals surface area contributed by atoms with Gasteiger partial charge in [0.15, 0.2) is 0 Å². The number of alkyl halides is 1. The minimum atomic E-state index is -0.975. The number of nitrogens with one attached hydrogen (secondary N) is 1. The molecular weight excluding hydrogens is 281 g/mol. The summed E-state index contributed by atoms with van der Waals surface area (Å²) in [6.45, 7) is 6.21. The van der Waals surface area contributed by atoms with Gasteiger partial charge in [0.1, 0.15) is 17.1 Å². The van der Waals surface area contributed by atoms with E-state index >= 15 is 0 Å². The second-order valence-electron chi connectivity index (χ2n) is 6.01. The number of likely N-dealkylation sites (tertiary alicyclic amines) is 1. The lowest BCUT2D eigenvalue weighted by atomic mass is 10.0. The van der Waals surface area contributed by atoms with Crippen molar-refractivity contribution in [1.29, 1.82) is 0 Å². The van der Waals surface area contributed by atoms with Crippen LogP contribution in [0, 0.1) is 0 Å². The average molecular weight is 300 g/mol. The molecule has 6 heteroatoms. The number of pyridine rings is 1. The molecule has 0 spiro atoms. The van der Waals surface area contributed by atoms with Crippen molar-refractivity contribution in [3.63, 3.8) is 0 Å². The number of hydrogen-bond donors (Lipinski definition) is 1. The maximum atomic E-state index is 13.7. The number of nitrogens with zero attached hydrogens (tertiary/aromatic N) is 2.